The van der Waals surface area contributed by atoms with Crippen molar-refractivity contribution in [2.45, 2.75) is 11.3 Å². The molecular formula is C12H15FN4O2S. The molecule has 0 spiro atoms. The van der Waals surface area contributed by atoms with E-state index < -0.39 is 15.8 Å². The summed E-state index contributed by atoms with van der Waals surface area (Å²) in [6.07, 6.45) is 4.15. The van der Waals surface area contributed by atoms with Gasteiger partial charge in [0.05, 0.1) is 10.6 Å². The van der Waals surface area contributed by atoms with Crippen LogP contribution < -0.4 is 10.5 Å². The predicted octanol–water partition coefficient (Wildman–Crippen LogP) is 0.861. The molecule has 0 atom stereocenters. The zero-order chi connectivity index (χ0) is 14.8. The maximum Gasteiger partial charge on any atom is 0.238 e. The van der Waals surface area contributed by atoms with Crippen LogP contribution in [0, 0.1) is 5.82 Å². The molecule has 2 rings (SSSR count). The molecule has 0 unspecified atom stereocenters. The molecule has 1 aromatic heterocycles. The van der Waals surface area contributed by atoms with Crippen LogP contribution >= 0.6 is 0 Å². The van der Waals surface area contributed by atoms with Crippen molar-refractivity contribution in [2.24, 2.45) is 12.2 Å². The highest BCUT2D eigenvalue weighted by atomic mass is 32.2. The average molecular weight is 298 g/mol. The van der Waals surface area contributed by atoms with Gasteiger partial charge in [-0.3, -0.25) is 0 Å². The van der Waals surface area contributed by atoms with Crippen LogP contribution in [0.1, 0.15) is 5.82 Å². The lowest BCUT2D eigenvalue weighted by atomic mass is 10.3. The second kappa shape index (κ2) is 5.59. The lowest BCUT2D eigenvalue weighted by molar-refractivity contribution is 0.593. The van der Waals surface area contributed by atoms with Gasteiger partial charge in [-0.1, -0.05) is 0 Å². The number of primary sulfonamides is 1. The molecule has 3 N–H and O–H groups in total. The lowest BCUT2D eigenvalue weighted by Crippen LogP contribution is -2.13. The molecule has 0 radical (unpaired) electrons. The highest BCUT2D eigenvalue weighted by Crippen LogP contribution is 2.18. The van der Waals surface area contributed by atoms with Crippen LogP contribution in [0.5, 0.6) is 0 Å². The smallest absolute Gasteiger partial charge is 0.238 e. The lowest BCUT2D eigenvalue weighted by Gasteiger charge is -2.08. The number of aromatic nitrogens is 2. The standard InChI is InChI=1S/C12H15FN4O2S/c1-17-7-6-16-12(17)4-5-15-11-3-2-9(8-10(11)13)20(14,18)19/h2-3,6-8,15H,4-5H2,1H3,(H2,14,18,19). The molecule has 0 bridgehead atoms. The number of rotatable bonds is 5. The second-order valence-corrected chi connectivity index (χ2v) is 5.88. The van der Waals surface area contributed by atoms with Gasteiger partial charge in [0.1, 0.15) is 11.6 Å². The molecule has 0 aliphatic heterocycles. The summed E-state index contributed by atoms with van der Waals surface area (Å²) in [6.45, 7) is 0.483. The summed E-state index contributed by atoms with van der Waals surface area (Å²) in [5, 5.41) is 7.82. The van der Waals surface area contributed by atoms with Gasteiger partial charge in [-0.15, -0.1) is 0 Å². The fourth-order valence-electron chi connectivity index (χ4n) is 1.76. The highest BCUT2D eigenvalue weighted by molar-refractivity contribution is 7.89. The van der Waals surface area contributed by atoms with Crippen LogP contribution in [0.15, 0.2) is 35.5 Å². The third kappa shape index (κ3) is 3.34. The third-order valence-electron chi connectivity index (χ3n) is 2.85. The van der Waals surface area contributed by atoms with E-state index in [1.165, 1.54) is 12.1 Å². The SMILES string of the molecule is Cn1ccnc1CCNc1ccc(S(N)(=O)=O)cc1F. The zero-order valence-electron chi connectivity index (χ0n) is 10.9. The number of halogens is 1. The molecule has 0 amide bonds. The number of aryl methyl sites for hydroxylation is 1. The third-order valence-corrected chi connectivity index (χ3v) is 3.77. The molecule has 8 heteroatoms. The van der Waals surface area contributed by atoms with Gasteiger partial charge in [0.25, 0.3) is 0 Å². The van der Waals surface area contributed by atoms with Crippen LogP contribution in [-0.4, -0.2) is 24.5 Å². The van der Waals surface area contributed by atoms with Crippen LogP contribution in [0.2, 0.25) is 0 Å². The maximum atomic E-state index is 13.7. The van der Waals surface area contributed by atoms with Gasteiger partial charge in [0.15, 0.2) is 0 Å². The number of hydrogen-bond acceptors (Lipinski definition) is 4. The van der Waals surface area contributed by atoms with E-state index >= 15 is 0 Å². The molecule has 108 valence electrons. The largest absolute Gasteiger partial charge is 0.382 e. The first-order valence-corrected chi connectivity index (χ1v) is 7.45. The number of sulfonamides is 1. The van der Waals surface area contributed by atoms with Crippen molar-refractivity contribution in [2.75, 3.05) is 11.9 Å². The van der Waals surface area contributed by atoms with E-state index in [1.54, 1.807) is 6.20 Å². The minimum atomic E-state index is -3.88. The van der Waals surface area contributed by atoms with Crippen LogP contribution in [0.25, 0.3) is 0 Å². The quantitative estimate of drug-likeness (QED) is 0.856. The molecule has 20 heavy (non-hydrogen) atoms. The number of imidazole rings is 1. The van der Waals surface area contributed by atoms with Gasteiger partial charge in [-0.2, -0.15) is 0 Å². The Morgan fingerprint density at radius 1 is 1.45 bits per heavy atom. The van der Waals surface area contributed by atoms with Gasteiger partial charge >= 0.3 is 0 Å². The Balaban J connectivity index is 2.02. The highest BCUT2D eigenvalue weighted by Gasteiger charge is 2.11. The molecule has 0 saturated heterocycles. The van der Waals surface area contributed by atoms with Crippen molar-refractivity contribution in [1.29, 1.82) is 0 Å². The average Bonchev–Trinajstić information content (AvgIpc) is 2.76. The molecule has 2 aromatic rings. The Bertz CT molecular complexity index is 712. The van der Waals surface area contributed by atoms with Crippen molar-refractivity contribution in [1.82, 2.24) is 9.55 Å². The van der Waals surface area contributed by atoms with E-state index in [-0.39, 0.29) is 10.6 Å². The minimum absolute atomic E-state index is 0.228. The fraction of sp³-hybridized carbons (Fsp3) is 0.250. The number of hydrogen-bond donors (Lipinski definition) is 2. The van der Waals surface area contributed by atoms with Crippen LogP contribution in [0.4, 0.5) is 10.1 Å². The number of nitrogens with two attached hydrogens (primary N) is 1. The number of benzene rings is 1. The minimum Gasteiger partial charge on any atom is -0.382 e. The van der Waals surface area contributed by atoms with E-state index in [9.17, 15) is 12.8 Å². The summed E-state index contributed by atoms with van der Waals surface area (Å²) in [6, 6.07) is 3.52. The van der Waals surface area contributed by atoms with Gasteiger partial charge < -0.3 is 9.88 Å². The number of anilines is 1. The van der Waals surface area contributed by atoms with E-state index in [4.69, 9.17) is 5.14 Å². The van der Waals surface area contributed by atoms with Gasteiger partial charge in [-0.25, -0.2) is 22.9 Å². The first-order chi connectivity index (χ1) is 9.38. The number of nitrogens with one attached hydrogen (secondary N) is 1. The Kier molecular flexibility index (Phi) is 4.05. The first-order valence-electron chi connectivity index (χ1n) is 5.90. The van der Waals surface area contributed by atoms with Crippen molar-refractivity contribution in [3.05, 3.63) is 42.2 Å². The Hall–Kier alpha value is -1.93. The van der Waals surface area contributed by atoms with Crippen molar-refractivity contribution in [3.8, 4) is 0 Å². The van der Waals surface area contributed by atoms with E-state index in [1.807, 2.05) is 17.8 Å². The van der Waals surface area contributed by atoms with Gasteiger partial charge in [0, 0.05) is 32.4 Å². The topological polar surface area (TPSA) is 90.0 Å². The van der Waals surface area contributed by atoms with Gasteiger partial charge in [0.2, 0.25) is 10.0 Å². The van der Waals surface area contributed by atoms with Crippen molar-refractivity contribution in [3.63, 3.8) is 0 Å². The zero-order valence-corrected chi connectivity index (χ0v) is 11.7. The van der Waals surface area contributed by atoms with Crippen LogP contribution in [-0.2, 0) is 23.5 Å². The molecule has 0 fully saturated rings. The monoisotopic (exact) mass is 298 g/mol. The molecule has 6 nitrogen and oxygen atoms in total. The second-order valence-electron chi connectivity index (χ2n) is 4.32. The molecule has 0 saturated carbocycles. The Labute approximate surface area is 116 Å². The number of nitrogens with zero attached hydrogens (tertiary/aromatic N) is 2. The maximum absolute atomic E-state index is 13.7. The summed E-state index contributed by atoms with van der Waals surface area (Å²) in [5.41, 5.74) is 0.228. The fourth-order valence-corrected chi connectivity index (χ4v) is 2.29. The van der Waals surface area contributed by atoms with E-state index in [2.05, 4.69) is 10.3 Å². The van der Waals surface area contributed by atoms with Gasteiger partial charge in [-0.05, 0) is 18.2 Å². The summed E-state index contributed by atoms with van der Waals surface area (Å²) < 4.78 is 37.8. The molecule has 0 aliphatic carbocycles. The molecule has 0 aliphatic rings. The molecule has 1 aromatic carbocycles. The Morgan fingerprint density at radius 2 is 2.20 bits per heavy atom. The summed E-state index contributed by atoms with van der Waals surface area (Å²) >= 11 is 0. The molecular weight excluding hydrogens is 283 g/mol. The normalized spacial score (nSPS) is 11.6. The van der Waals surface area contributed by atoms with Crippen molar-refractivity contribution < 1.29 is 12.8 Å². The summed E-state index contributed by atoms with van der Waals surface area (Å²) in [4.78, 5) is 3.90. The summed E-state index contributed by atoms with van der Waals surface area (Å²) in [7, 11) is -2.01. The summed E-state index contributed by atoms with van der Waals surface area (Å²) in [5.74, 6) is 0.218. The Morgan fingerprint density at radius 3 is 2.75 bits per heavy atom. The predicted molar refractivity (Wildman–Crippen MR) is 73.2 cm³/mol. The van der Waals surface area contributed by atoms with Crippen molar-refractivity contribution >= 4 is 15.7 Å². The van der Waals surface area contributed by atoms with Crippen LogP contribution in [0.3, 0.4) is 0 Å². The van der Waals surface area contributed by atoms with E-state index in [0.717, 1.165) is 11.9 Å². The first kappa shape index (κ1) is 14.5. The van der Waals surface area contributed by atoms with E-state index in [0.29, 0.717) is 13.0 Å². The molecule has 1 heterocycles.